The molecule has 26 heavy (non-hydrogen) atoms. The highest BCUT2D eigenvalue weighted by Gasteiger charge is 2.15. The number of rotatable bonds is 5. The fourth-order valence-electron chi connectivity index (χ4n) is 2.89. The van der Waals surface area contributed by atoms with Crippen LogP contribution in [-0.2, 0) is 6.42 Å². The molecular weight excluding hydrogens is 331 g/mol. The number of para-hydroxylation sites is 1. The molecule has 0 bridgehead atoms. The topological polar surface area (TPSA) is 59.7 Å². The Morgan fingerprint density at radius 1 is 1.08 bits per heavy atom. The van der Waals surface area contributed by atoms with Crippen molar-refractivity contribution in [3.8, 4) is 5.69 Å². The lowest BCUT2D eigenvalue weighted by Crippen LogP contribution is -2.21. The zero-order chi connectivity index (χ0) is 17.9. The molecular formula is C19H17FN6. The molecule has 0 aliphatic heterocycles. The van der Waals surface area contributed by atoms with Crippen LogP contribution in [0.25, 0.3) is 16.7 Å². The second kappa shape index (κ2) is 6.87. The maximum Gasteiger partial charge on any atom is 0.168 e. The van der Waals surface area contributed by atoms with Crippen LogP contribution in [0.5, 0.6) is 0 Å². The van der Waals surface area contributed by atoms with Crippen molar-refractivity contribution in [3.05, 3.63) is 72.7 Å². The Morgan fingerprint density at radius 3 is 2.69 bits per heavy atom. The standard InChI is InChI=1S/C19H17FN6/c1-25(11-8-14-6-9-21-10-7-14)18-15-12-24-26(19(15)23-13-22-18)17-5-3-2-4-16(17)20/h2-7,9-10,12-13H,8,11H2,1H3. The van der Waals surface area contributed by atoms with Gasteiger partial charge in [0.25, 0.3) is 0 Å². The van der Waals surface area contributed by atoms with Crippen LogP contribution in [0, 0.1) is 5.82 Å². The molecule has 6 nitrogen and oxygen atoms in total. The van der Waals surface area contributed by atoms with Crippen molar-refractivity contribution in [2.24, 2.45) is 0 Å². The number of pyridine rings is 1. The van der Waals surface area contributed by atoms with Crippen LogP contribution in [0.1, 0.15) is 5.56 Å². The third kappa shape index (κ3) is 2.99. The van der Waals surface area contributed by atoms with Gasteiger partial charge in [-0.3, -0.25) is 4.98 Å². The normalized spacial score (nSPS) is 11.0. The Kier molecular flexibility index (Phi) is 4.27. The van der Waals surface area contributed by atoms with E-state index in [1.807, 2.05) is 19.2 Å². The van der Waals surface area contributed by atoms with Crippen LogP contribution in [-0.4, -0.2) is 38.3 Å². The molecule has 0 N–H and O–H groups in total. The van der Waals surface area contributed by atoms with Crippen LogP contribution < -0.4 is 4.90 Å². The lowest BCUT2D eigenvalue weighted by Gasteiger charge is -2.18. The van der Waals surface area contributed by atoms with Crippen molar-refractivity contribution in [1.29, 1.82) is 0 Å². The molecule has 3 heterocycles. The lowest BCUT2D eigenvalue weighted by molar-refractivity contribution is 0.612. The molecule has 0 amide bonds. The molecule has 7 heteroatoms. The Labute approximate surface area is 150 Å². The van der Waals surface area contributed by atoms with Gasteiger partial charge in [-0.25, -0.2) is 19.0 Å². The summed E-state index contributed by atoms with van der Waals surface area (Å²) in [6.45, 7) is 0.779. The second-order valence-electron chi connectivity index (χ2n) is 5.97. The second-order valence-corrected chi connectivity index (χ2v) is 5.97. The van der Waals surface area contributed by atoms with E-state index in [1.165, 1.54) is 22.6 Å². The molecule has 4 aromatic rings. The van der Waals surface area contributed by atoms with Crippen molar-refractivity contribution in [3.63, 3.8) is 0 Å². The van der Waals surface area contributed by atoms with E-state index in [4.69, 9.17) is 0 Å². The first kappa shape index (κ1) is 16.1. The first-order valence-electron chi connectivity index (χ1n) is 8.28. The van der Waals surface area contributed by atoms with E-state index in [0.29, 0.717) is 11.3 Å². The minimum atomic E-state index is -0.344. The zero-order valence-electron chi connectivity index (χ0n) is 14.2. The first-order valence-corrected chi connectivity index (χ1v) is 8.28. The van der Waals surface area contributed by atoms with Crippen molar-refractivity contribution in [1.82, 2.24) is 24.7 Å². The molecule has 130 valence electrons. The first-order chi connectivity index (χ1) is 12.7. The number of nitrogens with zero attached hydrogens (tertiary/aromatic N) is 6. The minimum Gasteiger partial charge on any atom is -0.359 e. The van der Waals surface area contributed by atoms with Gasteiger partial charge in [0.1, 0.15) is 23.6 Å². The highest BCUT2D eigenvalue weighted by atomic mass is 19.1. The van der Waals surface area contributed by atoms with E-state index in [-0.39, 0.29) is 5.82 Å². The molecule has 0 saturated heterocycles. The number of hydrogen-bond donors (Lipinski definition) is 0. The quantitative estimate of drug-likeness (QED) is 0.555. The van der Waals surface area contributed by atoms with Gasteiger partial charge in [0, 0.05) is 26.0 Å². The molecule has 0 fully saturated rings. The van der Waals surface area contributed by atoms with Crippen molar-refractivity contribution >= 4 is 16.9 Å². The fourth-order valence-corrected chi connectivity index (χ4v) is 2.89. The average molecular weight is 348 g/mol. The molecule has 0 saturated carbocycles. The Morgan fingerprint density at radius 2 is 1.88 bits per heavy atom. The van der Waals surface area contributed by atoms with E-state index < -0.39 is 0 Å². The van der Waals surface area contributed by atoms with Crippen LogP contribution in [0.2, 0.25) is 0 Å². The SMILES string of the molecule is CN(CCc1ccncc1)c1ncnc2c1cnn2-c1ccccc1F. The van der Waals surface area contributed by atoms with Crippen molar-refractivity contribution in [2.75, 3.05) is 18.5 Å². The Bertz CT molecular complexity index is 1030. The summed E-state index contributed by atoms with van der Waals surface area (Å²) in [5.41, 5.74) is 2.15. The minimum absolute atomic E-state index is 0.344. The van der Waals surface area contributed by atoms with Gasteiger partial charge >= 0.3 is 0 Å². The van der Waals surface area contributed by atoms with E-state index in [2.05, 4.69) is 25.0 Å². The molecule has 3 aromatic heterocycles. The highest BCUT2D eigenvalue weighted by molar-refractivity contribution is 5.87. The van der Waals surface area contributed by atoms with Gasteiger partial charge in [-0.15, -0.1) is 0 Å². The smallest absolute Gasteiger partial charge is 0.168 e. The lowest BCUT2D eigenvalue weighted by atomic mass is 10.2. The van der Waals surface area contributed by atoms with Crippen molar-refractivity contribution in [2.45, 2.75) is 6.42 Å². The summed E-state index contributed by atoms with van der Waals surface area (Å²) in [6.07, 6.45) is 7.61. The predicted octanol–water partition coefficient (Wildman–Crippen LogP) is 3.03. The molecule has 1 aromatic carbocycles. The summed E-state index contributed by atoms with van der Waals surface area (Å²) >= 11 is 0. The Hall–Kier alpha value is -3.35. The predicted molar refractivity (Wildman–Crippen MR) is 97.8 cm³/mol. The van der Waals surface area contributed by atoms with Gasteiger partial charge < -0.3 is 4.90 Å². The number of hydrogen-bond acceptors (Lipinski definition) is 5. The number of fused-ring (bicyclic) bond motifs is 1. The van der Waals surface area contributed by atoms with Gasteiger partial charge in [-0.1, -0.05) is 12.1 Å². The number of aromatic nitrogens is 5. The zero-order valence-corrected chi connectivity index (χ0v) is 14.2. The molecule has 0 spiro atoms. The monoisotopic (exact) mass is 348 g/mol. The van der Waals surface area contributed by atoms with Gasteiger partial charge in [0.2, 0.25) is 0 Å². The summed E-state index contributed by atoms with van der Waals surface area (Å²) in [4.78, 5) is 14.8. The van der Waals surface area contributed by atoms with Crippen LogP contribution in [0.3, 0.4) is 0 Å². The van der Waals surface area contributed by atoms with Gasteiger partial charge in [0.15, 0.2) is 5.65 Å². The molecule has 0 aliphatic carbocycles. The van der Waals surface area contributed by atoms with Crippen LogP contribution >= 0.6 is 0 Å². The number of likely N-dealkylation sites (N-methyl/N-ethyl adjacent to an activating group) is 1. The summed E-state index contributed by atoms with van der Waals surface area (Å²) in [5.74, 6) is 0.426. The van der Waals surface area contributed by atoms with E-state index in [0.717, 1.165) is 24.2 Å². The third-order valence-electron chi connectivity index (χ3n) is 4.27. The largest absolute Gasteiger partial charge is 0.359 e. The third-order valence-corrected chi connectivity index (χ3v) is 4.27. The Balaban J connectivity index is 1.65. The van der Waals surface area contributed by atoms with Gasteiger partial charge in [-0.05, 0) is 36.2 Å². The number of anilines is 1. The van der Waals surface area contributed by atoms with Crippen LogP contribution in [0.15, 0.2) is 61.3 Å². The molecule has 4 rings (SSSR count). The molecule has 0 radical (unpaired) electrons. The fraction of sp³-hybridized carbons (Fsp3) is 0.158. The number of halogens is 1. The summed E-state index contributed by atoms with van der Waals surface area (Å²) in [6, 6.07) is 10.5. The van der Waals surface area contributed by atoms with Crippen LogP contribution in [0.4, 0.5) is 10.2 Å². The van der Waals surface area contributed by atoms with Gasteiger partial charge in [-0.2, -0.15) is 5.10 Å². The van der Waals surface area contributed by atoms with E-state index in [1.54, 1.807) is 36.8 Å². The van der Waals surface area contributed by atoms with Crippen molar-refractivity contribution < 1.29 is 4.39 Å². The summed E-state index contributed by atoms with van der Waals surface area (Å²) < 4.78 is 15.6. The average Bonchev–Trinajstić information content (AvgIpc) is 3.11. The van der Waals surface area contributed by atoms with E-state index in [9.17, 15) is 4.39 Å². The molecule has 0 unspecified atom stereocenters. The number of benzene rings is 1. The maximum absolute atomic E-state index is 14.1. The highest BCUT2D eigenvalue weighted by Crippen LogP contribution is 2.24. The van der Waals surface area contributed by atoms with E-state index >= 15 is 0 Å². The summed E-state index contributed by atoms with van der Waals surface area (Å²) in [5, 5.41) is 5.11. The summed E-state index contributed by atoms with van der Waals surface area (Å²) in [7, 11) is 1.98. The molecule has 0 aliphatic rings. The maximum atomic E-state index is 14.1. The molecule has 0 atom stereocenters. The van der Waals surface area contributed by atoms with Gasteiger partial charge in [0.05, 0.1) is 11.6 Å².